The standard InChI is InChI=1S/C5H10S3/c1-4(2)5-6-3-7-8-5/h4-5H,3H2,1-2H3. The molecule has 1 rings (SSSR count). The van der Waals surface area contributed by atoms with E-state index in [0.29, 0.717) is 0 Å². The zero-order chi connectivity index (χ0) is 5.98. The highest BCUT2D eigenvalue weighted by Crippen LogP contribution is 2.47. The lowest BCUT2D eigenvalue weighted by Gasteiger charge is -2.08. The van der Waals surface area contributed by atoms with Gasteiger partial charge in [-0.1, -0.05) is 35.4 Å². The summed E-state index contributed by atoms with van der Waals surface area (Å²) in [7, 11) is 4.02. The summed E-state index contributed by atoms with van der Waals surface area (Å²) >= 11 is 2.08. The SMILES string of the molecule is CC(C)C1SCSS1. The molecule has 1 saturated heterocycles. The lowest BCUT2D eigenvalue weighted by Crippen LogP contribution is -2.00. The molecule has 0 nitrogen and oxygen atoms in total. The molecule has 1 fully saturated rings. The van der Waals surface area contributed by atoms with Gasteiger partial charge in [0, 0.05) is 0 Å². The molecule has 0 aromatic heterocycles. The molecular formula is C5H10S3. The van der Waals surface area contributed by atoms with Crippen molar-refractivity contribution in [3.05, 3.63) is 0 Å². The Morgan fingerprint density at radius 3 is 2.50 bits per heavy atom. The summed E-state index contributed by atoms with van der Waals surface area (Å²) in [6, 6.07) is 0. The van der Waals surface area contributed by atoms with E-state index in [1.165, 1.54) is 5.08 Å². The smallest absolute Gasteiger partial charge is 0.0637 e. The van der Waals surface area contributed by atoms with Gasteiger partial charge in [0.05, 0.1) is 9.67 Å². The second-order valence-corrected chi connectivity index (χ2v) is 6.41. The van der Waals surface area contributed by atoms with Crippen LogP contribution >= 0.6 is 33.3 Å². The molecule has 0 bridgehead atoms. The topological polar surface area (TPSA) is 0 Å². The molecule has 1 aliphatic rings. The Bertz CT molecular complexity index is 66.1. The highest BCUT2D eigenvalue weighted by molar-refractivity contribution is 8.82. The number of hydrogen-bond acceptors (Lipinski definition) is 3. The van der Waals surface area contributed by atoms with E-state index >= 15 is 0 Å². The summed E-state index contributed by atoms with van der Waals surface area (Å²) < 4.78 is 0.861. The Morgan fingerprint density at radius 2 is 2.25 bits per heavy atom. The average Bonchev–Trinajstić information content (AvgIpc) is 2.12. The number of thioether (sulfide) groups is 1. The van der Waals surface area contributed by atoms with Crippen LogP contribution in [0.25, 0.3) is 0 Å². The molecule has 0 aromatic carbocycles. The number of hydrogen-bond donors (Lipinski definition) is 0. The molecule has 8 heavy (non-hydrogen) atoms. The first-order valence-corrected chi connectivity index (χ1v) is 6.13. The molecule has 0 aromatic rings. The fourth-order valence-electron chi connectivity index (χ4n) is 0.521. The lowest BCUT2D eigenvalue weighted by molar-refractivity contribution is 0.724. The van der Waals surface area contributed by atoms with E-state index in [2.05, 4.69) is 25.6 Å². The quantitative estimate of drug-likeness (QED) is 0.550. The molecule has 1 atom stereocenters. The first-order valence-electron chi connectivity index (χ1n) is 2.70. The Balaban J connectivity index is 2.24. The van der Waals surface area contributed by atoms with Crippen molar-refractivity contribution in [3.63, 3.8) is 0 Å². The van der Waals surface area contributed by atoms with Crippen molar-refractivity contribution in [2.24, 2.45) is 5.92 Å². The van der Waals surface area contributed by atoms with Crippen LogP contribution in [0.2, 0.25) is 0 Å². The second kappa shape index (κ2) is 3.28. The van der Waals surface area contributed by atoms with Crippen molar-refractivity contribution >= 4 is 33.3 Å². The maximum atomic E-state index is 2.29. The zero-order valence-corrected chi connectivity index (χ0v) is 7.54. The molecule has 0 spiro atoms. The van der Waals surface area contributed by atoms with Gasteiger partial charge in [0.1, 0.15) is 0 Å². The van der Waals surface area contributed by atoms with Gasteiger partial charge in [0.15, 0.2) is 0 Å². The molecule has 0 amide bonds. The van der Waals surface area contributed by atoms with E-state index in [-0.39, 0.29) is 0 Å². The Labute approximate surface area is 63.0 Å². The summed E-state index contributed by atoms with van der Waals surface area (Å²) in [5.41, 5.74) is 0. The van der Waals surface area contributed by atoms with Crippen molar-refractivity contribution in [3.8, 4) is 0 Å². The van der Waals surface area contributed by atoms with Gasteiger partial charge in [-0.15, -0.1) is 11.8 Å². The molecule has 3 heteroatoms. The van der Waals surface area contributed by atoms with Crippen LogP contribution in [0.15, 0.2) is 0 Å². The molecule has 0 aliphatic carbocycles. The molecule has 48 valence electrons. The van der Waals surface area contributed by atoms with Gasteiger partial charge in [-0.05, 0) is 5.92 Å². The zero-order valence-electron chi connectivity index (χ0n) is 5.09. The molecule has 0 radical (unpaired) electrons. The molecule has 1 aliphatic heterocycles. The van der Waals surface area contributed by atoms with Crippen molar-refractivity contribution in [2.45, 2.75) is 18.4 Å². The van der Waals surface area contributed by atoms with Gasteiger partial charge in [-0.25, -0.2) is 0 Å². The third-order valence-electron chi connectivity index (χ3n) is 0.988. The van der Waals surface area contributed by atoms with Crippen LogP contribution in [0.4, 0.5) is 0 Å². The molecule has 0 N–H and O–H groups in total. The maximum Gasteiger partial charge on any atom is 0.0637 e. The van der Waals surface area contributed by atoms with Gasteiger partial charge < -0.3 is 0 Å². The van der Waals surface area contributed by atoms with E-state index in [9.17, 15) is 0 Å². The van der Waals surface area contributed by atoms with Gasteiger partial charge in [0.25, 0.3) is 0 Å². The summed E-state index contributed by atoms with van der Waals surface area (Å²) in [6.07, 6.45) is 0. The number of rotatable bonds is 1. The predicted octanol–water partition coefficient (Wildman–Crippen LogP) is 3.05. The van der Waals surface area contributed by atoms with Crippen molar-refractivity contribution in [1.82, 2.24) is 0 Å². The van der Waals surface area contributed by atoms with Crippen LogP contribution in [-0.2, 0) is 0 Å². The van der Waals surface area contributed by atoms with Crippen molar-refractivity contribution in [2.75, 3.05) is 5.08 Å². The lowest BCUT2D eigenvalue weighted by atomic mass is 10.3. The van der Waals surface area contributed by atoms with E-state index < -0.39 is 0 Å². The van der Waals surface area contributed by atoms with Crippen LogP contribution in [0.1, 0.15) is 13.8 Å². The van der Waals surface area contributed by atoms with E-state index in [0.717, 1.165) is 10.5 Å². The van der Waals surface area contributed by atoms with Crippen molar-refractivity contribution in [1.29, 1.82) is 0 Å². The van der Waals surface area contributed by atoms with Crippen LogP contribution in [0, 0.1) is 5.92 Å². The van der Waals surface area contributed by atoms with Crippen LogP contribution < -0.4 is 0 Å². The van der Waals surface area contributed by atoms with Crippen molar-refractivity contribution < 1.29 is 0 Å². The average molecular weight is 166 g/mol. The summed E-state index contributed by atoms with van der Waals surface area (Å²) in [6.45, 7) is 4.58. The highest BCUT2D eigenvalue weighted by atomic mass is 33.1. The second-order valence-electron chi connectivity index (χ2n) is 2.11. The highest BCUT2D eigenvalue weighted by Gasteiger charge is 2.19. The van der Waals surface area contributed by atoms with E-state index in [1.807, 2.05) is 21.6 Å². The first kappa shape index (κ1) is 7.16. The van der Waals surface area contributed by atoms with Gasteiger partial charge in [0.2, 0.25) is 0 Å². The van der Waals surface area contributed by atoms with E-state index in [4.69, 9.17) is 0 Å². The van der Waals surface area contributed by atoms with Crippen LogP contribution in [0.5, 0.6) is 0 Å². The Hall–Kier alpha value is 1.05. The summed E-state index contributed by atoms with van der Waals surface area (Å²) in [5, 5.41) is 1.29. The Kier molecular flexibility index (Phi) is 2.93. The molecule has 1 unspecified atom stereocenters. The normalized spacial score (nSPS) is 29.6. The van der Waals surface area contributed by atoms with Gasteiger partial charge in [-0.2, -0.15) is 0 Å². The van der Waals surface area contributed by atoms with Gasteiger partial charge in [-0.3, -0.25) is 0 Å². The van der Waals surface area contributed by atoms with E-state index in [1.54, 1.807) is 0 Å². The minimum Gasteiger partial charge on any atom is -0.135 e. The fraction of sp³-hybridized carbons (Fsp3) is 1.00. The van der Waals surface area contributed by atoms with Crippen LogP contribution in [-0.4, -0.2) is 9.67 Å². The molecular weight excluding hydrogens is 156 g/mol. The molecule has 0 saturated carbocycles. The maximum absolute atomic E-state index is 2.29. The minimum absolute atomic E-state index is 0.847. The summed E-state index contributed by atoms with van der Waals surface area (Å²) in [5.74, 6) is 0.847. The summed E-state index contributed by atoms with van der Waals surface area (Å²) in [4.78, 5) is 0. The third-order valence-corrected chi connectivity index (χ3v) is 6.62. The largest absolute Gasteiger partial charge is 0.135 e. The molecule has 1 heterocycles. The monoisotopic (exact) mass is 166 g/mol. The fourth-order valence-corrected chi connectivity index (χ4v) is 6.03. The van der Waals surface area contributed by atoms with Gasteiger partial charge >= 0.3 is 0 Å². The Morgan fingerprint density at radius 1 is 1.50 bits per heavy atom. The third kappa shape index (κ3) is 1.78. The minimum atomic E-state index is 0.847. The predicted molar refractivity (Wildman–Crippen MR) is 46.3 cm³/mol. The van der Waals surface area contributed by atoms with Crippen LogP contribution in [0.3, 0.4) is 0 Å². The first-order chi connectivity index (χ1) is 3.80.